The lowest BCUT2D eigenvalue weighted by Gasteiger charge is -2.29. The highest BCUT2D eigenvalue weighted by Gasteiger charge is 2.25. The first-order chi connectivity index (χ1) is 11.3. The number of anilines is 1. The lowest BCUT2D eigenvalue weighted by atomic mass is 10.1. The monoisotopic (exact) mass is 343 g/mol. The van der Waals surface area contributed by atoms with Gasteiger partial charge in [0.2, 0.25) is 0 Å². The molecule has 0 unspecified atom stereocenters. The van der Waals surface area contributed by atoms with Crippen molar-refractivity contribution in [1.29, 1.82) is 0 Å². The van der Waals surface area contributed by atoms with Crippen LogP contribution in [-0.2, 0) is 0 Å². The van der Waals surface area contributed by atoms with Crippen molar-refractivity contribution in [2.24, 2.45) is 0 Å². The molecule has 1 saturated heterocycles. The molecule has 0 spiro atoms. The van der Waals surface area contributed by atoms with Crippen LogP contribution >= 0.6 is 23.5 Å². The zero-order valence-corrected chi connectivity index (χ0v) is 14.2. The maximum absolute atomic E-state index is 12.9. The zero-order chi connectivity index (χ0) is 15.6. The Labute approximate surface area is 144 Å². The minimum atomic E-state index is 0.0408. The van der Waals surface area contributed by atoms with Crippen molar-refractivity contribution in [1.82, 2.24) is 0 Å². The van der Waals surface area contributed by atoms with Gasteiger partial charge in [-0.1, -0.05) is 24.3 Å². The summed E-state index contributed by atoms with van der Waals surface area (Å²) in [5.41, 5.74) is 2.89. The number of thioether (sulfide) groups is 2. The van der Waals surface area contributed by atoms with Gasteiger partial charge in [-0.2, -0.15) is 0 Å². The van der Waals surface area contributed by atoms with Crippen LogP contribution in [0.5, 0.6) is 5.75 Å². The average molecular weight is 343 g/mol. The molecule has 2 aliphatic heterocycles. The highest BCUT2D eigenvalue weighted by Crippen LogP contribution is 2.45. The third kappa shape index (κ3) is 2.95. The number of benzene rings is 2. The Balaban J connectivity index is 1.57. The van der Waals surface area contributed by atoms with Crippen LogP contribution in [0.1, 0.15) is 20.5 Å². The van der Waals surface area contributed by atoms with Crippen LogP contribution in [0, 0.1) is 0 Å². The molecule has 0 radical (unpaired) electrons. The number of para-hydroxylation sites is 2. The minimum absolute atomic E-state index is 0.0408. The lowest BCUT2D eigenvalue weighted by molar-refractivity contribution is 0.0976. The Morgan fingerprint density at radius 3 is 2.57 bits per heavy atom. The van der Waals surface area contributed by atoms with Crippen LogP contribution < -0.4 is 9.64 Å². The number of carbonyl (C=O) groups is 1. The second-order valence-corrected chi connectivity index (χ2v) is 8.19. The van der Waals surface area contributed by atoms with Crippen molar-refractivity contribution in [3.63, 3.8) is 0 Å². The van der Waals surface area contributed by atoms with E-state index in [1.807, 2.05) is 64.8 Å². The normalized spacial score (nSPS) is 17.7. The molecule has 0 aliphatic carbocycles. The number of carbonyl (C=O) groups excluding carboxylic acids is 1. The van der Waals surface area contributed by atoms with Gasteiger partial charge < -0.3 is 9.64 Å². The SMILES string of the molecule is O=C(c1ccc(C2SCCS2)cc1)N1CCOc2ccccc21. The first-order valence-electron chi connectivity index (χ1n) is 7.70. The van der Waals surface area contributed by atoms with E-state index in [0.29, 0.717) is 17.7 Å². The van der Waals surface area contributed by atoms with Gasteiger partial charge in [0.1, 0.15) is 12.4 Å². The molecular weight excluding hydrogens is 326 g/mol. The van der Waals surface area contributed by atoms with E-state index in [1.165, 1.54) is 17.1 Å². The molecule has 3 nitrogen and oxygen atoms in total. The minimum Gasteiger partial charge on any atom is -0.490 e. The Kier molecular flexibility index (Phi) is 4.23. The number of hydrogen-bond acceptors (Lipinski definition) is 4. The predicted octanol–water partition coefficient (Wildman–Crippen LogP) is 4.20. The Hall–Kier alpha value is -1.59. The fourth-order valence-electron chi connectivity index (χ4n) is 2.87. The van der Waals surface area contributed by atoms with Crippen LogP contribution in [0.25, 0.3) is 0 Å². The Morgan fingerprint density at radius 1 is 1.04 bits per heavy atom. The van der Waals surface area contributed by atoms with Gasteiger partial charge in [-0.3, -0.25) is 4.79 Å². The smallest absolute Gasteiger partial charge is 0.258 e. The number of ether oxygens (including phenoxy) is 1. The number of amides is 1. The topological polar surface area (TPSA) is 29.5 Å². The summed E-state index contributed by atoms with van der Waals surface area (Å²) in [6, 6.07) is 15.8. The van der Waals surface area contributed by atoms with Crippen molar-refractivity contribution in [2.75, 3.05) is 29.6 Å². The van der Waals surface area contributed by atoms with Gasteiger partial charge in [-0.25, -0.2) is 0 Å². The molecule has 0 bridgehead atoms. The molecule has 2 aromatic rings. The van der Waals surface area contributed by atoms with Gasteiger partial charge in [0.15, 0.2) is 0 Å². The molecule has 0 saturated carbocycles. The Bertz CT molecular complexity index is 711. The van der Waals surface area contributed by atoms with Crippen molar-refractivity contribution in [3.8, 4) is 5.75 Å². The fraction of sp³-hybridized carbons (Fsp3) is 0.278. The summed E-state index contributed by atoms with van der Waals surface area (Å²) in [7, 11) is 0. The summed E-state index contributed by atoms with van der Waals surface area (Å²) in [5, 5.41) is 0. The van der Waals surface area contributed by atoms with E-state index in [4.69, 9.17) is 4.74 Å². The Morgan fingerprint density at radius 2 is 1.78 bits per heavy atom. The third-order valence-corrected chi connectivity index (χ3v) is 7.13. The van der Waals surface area contributed by atoms with E-state index in [2.05, 4.69) is 12.1 Å². The van der Waals surface area contributed by atoms with Crippen molar-refractivity contribution >= 4 is 35.1 Å². The van der Waals surface area contributed by atoms with Gasteiger partial charge in [0.05, 0.1) is 16.8 Å². The summed E-state index contributed by atoms with van der Waals surface area (Å²) in [4.78, 5) is 14.7. The third-order valence-electron chi connectivity index (χ3n) is 4.03. The number of rotatable bonds is 2. The number of hydrogen-bond donors (Lipinski definition) is 0. The second-order valence-electron chi connectivity index (χ2n) is 5.47. The van der Waals surface area contributed by atoms with Crippen molar-refractivity contribution < 1.29 is 9.53 Å². The molecule has 0 aromatic heterocycles. The van der Waals surface area contributed by atoms with Gasteiger partial charge in [0.25, 0.3) is 5.91 Å². The summed E-state index contributed by atoms with van der Waals surface area (Å²) < 4.78 is 6.14. The molecule has 2 aliphatic rings. The molecule has 2 heterocycles. The van der Waals surface area contributed by atoms with Crippen LogP contribution in [0.2, 0.25) is 0 Å². The van der Waals surface area contributed by atoms with E-state index in [0.717, 1.165) is 17.0 Å². The van der Waals surface area contributed by atoms with E-state index < -0.39 is 0 Å². The maximum Gasteiger partial charge on any atom is 0.258 e. The average Bonchev–Trinajstić information content (AvgIpc) is 3.15. The van der Waals surface area contributed by atoms with E-state index in [1.54, 1.807) is 0 Å². The standard InChI is InChI=1S/C18H17NO2S2/c20-17(19-9-10-21-16-4-2-1-3-15(16)19)13-5-7-14(8-6-13)18-22-11-12-23-18/h1-8,18H,9-12H2. The summed E-state index contributed by atoms with van der Waals surface area (Å²) in [6.45, 7) is 1.13. The highest BCUT2D eigenvalue weighted by atomic mass is 32.2. The van der Waals surface area contributed by atoms with E-state index >= 15 is 0 Å². The maximum atomic E-state index is 12.9. The van der Waals surface area contributed by atoms with Gasteiger partial charge in [0, 0.05) is 17.1 Å². The van der Waals surface area contributed by atoms with E-state index in [-0.39, 0.29) is 5.91 Å². The molecule has 0 atom stereocenters. The number of fused-ring (bicyclic) bond motifs is 1. The molecule has 1 fully saturated rings. The summed E-state index contributed by atoms with van der Waals surface area (Å²) in [6.07, 6.45) is 0. The highest BCUT2D eigenvalue weighted by molar-refractivity contribution is 8.19. The zero-order valence-electron chi connectivity index (χ0n) is 12.6. The second kappa shape index (κ2) is 6.49. The fourth-order valence-corrected chi connectivity index (χ4v) is 5.73. The molecular formula is C18H17NO2S2. The van der Waals surface area contributed by atoms with Crippen molar-refractivity contribution in [2.45, 2.75) is 4.58 Å². The molecule has 4 rings (SSSR count). The quantitative estimate of drug-likeness (QED) is 0.817. The van der Waals surface area contributed by atoms with Crippen LogP contribution in [0.15, 0.2) is 48.5 Å². The van der Waals surface area contributed by atoms with E-state index in [9.17, 15) is 4.79 Å². The predicted molar refractivity (Wildman–Crippen MR) is 97.7 cm³/mol. The van der Waals surface area contributed by atoms with Gasteiger partial charge >= 0.3 is 0 Å². The van der Waals surface area contributed by atoms with Crippen LogP contribution in [0.3, 0.4) is 0 Å². The molecule has 1 amide bonds. The molecule has 0 N–H and O–H groups in total. The lowest BCUT2D eigenvalue weighted by Crippen LogP contribution is -2.37. The molecule has 23 heavy (non-hydrogen) atoms. The first kappa shape index (κ1) is 15.0. The molecule has 118 valence electrons. The van der Waals surface area contributed by atoms with Crippen LogP contribution in [0.4, 0.5) is 5.69 Å². The van der Waals surface area contributed by atoms with Gasteiger partial charge in [-0.15, -0.1) is 23.5 Å². The molecule has 2 aromatic carbocycles. The van der Waals surface area contributed by atoms with Crippen molar-refractivity contribution in [3.05, 3.63) is 59.7 Å². The first-order valence-corrected chi connectivity index (χ1v) is 9.79. The largest absolute Gasteiger partial charge is 0.490 e. The van der Waals surface area contributed by atoms with Gasteiger partial charge in [-0.05, 0) is 29.8 Å². The number of nitrogens with zero attached hydrogens (tertiary/aromatic N) is 1. The summed E-state index contributed by atoms with van der Waals surface area (Å²) in [5.74, 6) is 3.24. The summed E-state index contributed by atoms with van der Waals surface area (Å²) >= 11 is 3.96. The van der Waals surface area contributed by atoms with Crippen LogP contribution in [-0.4, -0.2) is 30.6 Å². The molecule has 5 heteroatoms.